The zero-order valence-corrected chi connectivity index (χ0v) is 17.1. The summed E-state index contributed by atoms with van der Waals surface area (Å²) in [5.41, 5.74) is 0.772. The average molecular weight is 425 g/mol. The molecule has 2 N–H and O–H groups in total. The highest BCUT2D eigenvalue weighted by Gasteiger charge is 2.14. The van der Waals surface area contributed by atoms with E-state index in [0.29, 0.717) is 23.6 Å². The monoisotopic (exact) mass is 425 g/mol. The Morgan fingerprint density at radius 3 is 2.61 bits per heavy atom. The molecule has 0 unspecified atom stereocenters. The maximum atomic E-state index is 13.6. The Kier molecular flexibility index (Phi) is 7.78. The van der Waals surface area contributed by atoms with Gasteiger partial charge in [-0.25, -0.2) is 4.39 Å². The summed E-state index contributed by atoms with van der Waals surface area (Å²) in [5, 5.41) is 5.53. The molecule has 0 saturated carbocycles. The number of ether oxygens (including phenoxy) is 1. The first kappa shape index (κ1) is 22.0. The van der Waals surface area contributed by atoms with Crippen LogP contribution < -0.4 is 15.4 Å². The van der Waals surface area contributed by atoms with Gasteiger partial charge in [0.15, 0.2) is 11.6 Å². The lowest BCUT2D eigenvalue weighted by molar-refractivity contribution is -0.117. The van der Waals surface area contributed by atoms with Crippen molar-refractivity contribution in [1.29, 1.82) is 0 Å². The average Bonchev–Trinajstić information content (AvgIpc) is 3.27. The number of furan rings is 1. The van der Waals surface area contributed by atoms with Gasteiger partial charge in [0.05, 0.1) is 30.6 Å². The summed E-state index contributed by atoms with van der Waals surface area (Å²) in [6.07, 6.45) is 1.54. The van der Waals surface area contributed by atoms with E-state index in [4.69, 9.17) is 9.15 Å². The number of anilines is 1. The first-order valence-corrected chi connectivity index (χ1v) is 9.78. The van der Waals surface area contributed by atoms with Crippen LogP contribution >= 0.6 is 0 Å². The minimum atomic E-state index is -0.426. The summed E-state index contributed by atoms with van der Waals surface area (Å²) in [4.78, 5) is 26.7. The van der Waals surface area contributed by atoms with Crippen molar-refractivity contribution in [2.45, 2.75) is 6.54 Å². The van der Waals surface area contributed by atoms with E-state index in [1.807, 2.05) is 0 Å². The summed E-state index contributed by atoms with van der Waals surface area (Å²) in [6.45, 7) is 0.991. The van der Waals surface area contributed by atoms with Crippen molar-refractivity contribution in [1.82, 2.24) is 10.2 Å². The van der Waals surface area contributed by atoms with Gasteiger partial charge in [0.2, 0.25) is 5.91 Å². The van der Waals surface area contributed by atoms with Crippen LogP contribution in [0.3, 0.4) is 0 Å². The van der Waals surface area contributed by atoms with Gasteiger partial charge in [-0.2, -0.15) is 0 Å². The zero-order valence-electron chi connectivity index (χ0n) is 17.1. The number of rotatable bonds is 10. The van der Waals surface area contributed by atoms with Crippen LogP contribution in [0.1, 0.15) is 16.1 Å². The first-order chi connectivity index (χ1) is 15.0. The minimum Gasteiger partial charge on any atom is -0.489 e. The van der Waals surface area contributed by atoms with Crippen LogP contribution in [-0.2, 0) is 11.3 Å². The molecule has 8 heteroatoms. The van der Waals surface area contributed by atoms with E-state index in [9.17, 15) is 14.0 Å². The second kappa shape index (κ2) is 10.9. The van der Waals surface area contributed by atoms with Crippen LogP contribution in [0.15, 0.2) is 71.3 Å². The van der Waals surface area contributed by atoms with Crippen molar-refractivity contribution < 1.29 is 23.1 Å². The Balaban J connectivity index is 1.48. The lowest BCUT2D eigenvalue weighted by atomic mass is 10.1. The lowest BCUT2D eigenvalue weighted by Crippen LogP contribution is -2.33. The Morgan fingerprint density at radius 1 is 1.06 bits per heavy atom. The molecule has 162 valence electrons. The smallest absolute Gasteiger partial charge is 0.253 e. The van der Waals surface area contributed by atoms with E-state index in [0.717, 1.165) is 0 Å². The van der Waals surface area contributed by atoms with Crippen LogP contribution in [0.25, 0.3) is 0 Å². The third-order valence-corrected chi connectivity index (χ3v) is 4.43. The molecule has 3 rings (SSSR count). The lowest BCUT2D eigenvalue weighted by Gasteiger charge is -2.17. The number of halogens is 1. The van der Waals surface area contributed by atoms with Crippen LogP contribution in [-0.4, -0.2) is 43.5 Å². The molecule has 3 aromatic rings. The van der Waals surface area contributed by atoms with Gasteiger partial charge in [-0.15, -0.1) is 0 Å². The molecule has 0 atom stereocenters. The van der Waals surface area contributed by atoms with E-state index >= 15 is 0 Å². The molecule has 0 fully saturated rings. The number of hydrogen-bond acceptors (Lipinski definition) is 5. The summed E-state index contributed by atoms with van der Waals surface area (Å²) in [5.74, 6) is -0.215. The number of hydrogen-bond donors (Lipinski definition) is 2. The Bertz CT molecular complexity index is 1010. The Morgan fingerprint density at radius 2 is 1.84 bits per heavy atom. The fourth-order valence-corrected chi connectivity index (χ4v) is 2.85. The number of carbonyl (C=O) groups excluding carboxylic acids is 2. The van der Waals surface area contributed by atoms with Crippen molar-refractivity contribution in [3.05, 3.63) is 84.1 Å². The highest BCUT2D eigenvalue weighted by molar-refractivity contribution is 6.04. The van der Waals surface area contributed by atoms with Crippen molar-refractivity contribution in [2.24, 2.45) is 0 Å². The van der Waals surface area contributed by atoms with Crippen LogP contribution in [0.2, 0.25) is 0 Å². The van der Waals surface area contributed by atoms with E-state index in [1.165, 1.54) is 12.3 Å². The van der Waals surface area contributed by atoms with Crippen molar-refractivity contribution >= 4 is 17.5 Å². The van der Waals surface area contributed by atoms with Crippen LogP contribution in [0.5, 0.6) is 5.75 Å². The third kappa shape index (κ3) is 6.68. The fourth-order valence-electron chi connectivity index (χ4n) is 2.85. The first-order valence-electron chi connectivity index (χ1n) is 9.78. The molecular weight excluding hydrogens is 401 g/mol. The number of nitrogens with one attached hydrogen (secondary N) is 2. The maximum Gasteiger partial charge on any atom is 0.253 e. The van der Waals surface area contributed by atoms with Crippen LogP contribution in [0, 0.1) is 5.82 Å². The van der Waals surface area contributed by atoms with Gasteiger partial charge in [-0.3, -0.25) is 14.5 Å². The van der Waals surface area contributed by atoms with Gasteiger partial charge in [0.25, 0.3) is 5.91 Å². The maximum absolute atomic E-state index is 13.6. The Hall–Kier alpha value is -3.65. The van der Waals surface area contributed by atoms with Crippen molar-refractivity contribution in [3.8, 4) is 5.75 Å². The SMILES string of the molecule is CN(CCOc1ccccc1F)CC(=O)Nc1ccccc1C(=O)NCc1ccco1. The molecular formula is C23H24FN3O4. The quantitative estimate of drug-likeness (QED) is 0.521. The largest absolute Gasteiger partial charge is 0.489 e. The van der Waals surface area contributed by atoms with Gasteiger partial charge in [0, 0.05) is 6.54 Å². The van der Waals surface area contributed by atoms with E-state index < -0.39 is 5.82 Å². The summed E-state index contributed by atoms with van der Waals surface area (Å²) in [6, 6.07) is 16.4. The summed E-state index contributed by atoms with van der Waals surface area (Å²) in [7, 11) is 1.76. The predicted octanol–water partition coefficient (Wildman–Crippen LogP) is 3.30. The molecule has 1 aromatic heterocycles. The molecule has 0 aliphatic heterocycles. The standard InChI is InChI=1S/C23H24FN3O4/c1-27(12-14-31-21-11-5-3-9-19(21)24)16-22(28)26-20-10-4-2-8-18(20)23(29)25-15-17-7-6-13-30-17/h2-11,13H,12,14-16H2,1H3,(H,25,29)(H,26,28). The van der Waals surface area contributed by atoms with Crippen LogP contribution in [0.4, 0.5) is 10.1 Å². The molecule has 31 heavy (non-hydrogen) atoms. The van der Waals surface area contributed by atoms with E-state index in [2.05, 4.69) is 10.6 Å². The molecule has 0 aliphatic carbocycles. The second-order valence-electron chi connectivity index (χ2n) is 6.87. The number of carbonyl (C=O) groups is 2. The number of likely N-dealkylation sites (N-methyl/N-ethyl adjacent to an activating group) is 1. The van der Waals surface area contributed by atoms with Gasteiger partial charge in [-0.1, -0.05) is 24.3 Å². The number of benzene rings is 2. The highest BCUT2D eigenvalue weighted by atomic mass is 19.1. The third-order valence-electron chi connectivity index (χ3n) is 4.43. The topological polar surface area (TPSA) is 83.8 Å². The molecule has 0 radical (unpaired) electrons. The van der Waals surface area contributed by atoms with E-state index in [-0.39, 0.29) is 37.3 Å². The normalized spacial score (nSPS) is 10.7. The molecule has 0 bridgehead atoms. The summed E-state index contributed by atoms with van der Waals surface area (Å²) >= 11 is 0. The second-order valence-corrected chi connectivity index (χ2v) is 6.87. The van der Waals surface area contributed by atoms with E-state index in [1.54, 1.807) is 66.5 Å². The fraction of sp³-hybridized carbons (Fsp3) is 0.217. The molecule has 2 aromatic carbocycles. The predicted molar refractivity (Wildman–Crippen MR) is 114 cm³/mol. The number of para-hydroxylation sites is 2. The molecule has 7 nitrogen and oxygen atoms in total. The highest BCUT2D eigenvalue weighted by Crippen LogP contribution is 2.16. The molecule has 2 amide bonds. The van der Waals surface area contributed by atoms with Gasteiger partial charge < -0.3 is 19.8 Å². The molecule has 0 saturated heterocycles. The zero-order chi connectivity index (χ0) is 22.1. The molecule has 1 heterocycles. The van der Waals surface area contributed by atoms with Gasteiger partial charge >= 0.3 is 0 Å². The molecule has 0 aliphatic rings. The molecule has 0 spiro atoms. The van der Waals surface area contributed by atoms with Gasteiger partial charge in [0.1, 0.15) is 12.4 Å². The Labute approximate surface area is 179 Å². The number of amides is 2. The number of nitrogens with zero attached hydrogens (tertiary/aromatic N) is 1. The summed E-state index contributed by atoms with van der Waals surface area (Å²) < 4.78 is 24.2. The van der Waals surface area contributed by atoms with Crippen molar-refractivity contribution in [2.75, 3.05) is 32.1 Å². The van der Waals surface area contributed by atoms with Crippen molar-refractivity contribution in [3.63, 3.8) is 0 Å². The van der Waals surface area contributed by atoms with Gasteiger partial charge in [-0.05, 0) is 43.4 Å². The minimum absolute atomic E-state index is 0.0863.